The zero-order valence-corrected chi connectivity index (χ0v) is 15.3. The average Bonchev–Trinajstić information content (AvgIpc) is 2.54. The van der Waals surface area contributed by atoms with Gasteiger partial charge in [-0.05, 0) is 49.2 Å². The van der Waals surface area contributed by atoms with E-state index in [1.54, 1.807) is 18.2 Å². The van der Waals surface area contributed by atoms with Crippen molar-refractivity contribution in [3.63, 3.8) is 0 Å². The molecule has 0 bridgehead atoms. The lowest BCUT2D eigenvalue weighted by Crippen LogP contribution is -2.23. The Labute approximate surface area is 155 Å². The molecule has 0 aliphatic rings. The van der Waals surface area contributed by atoms with Gasteiger partial charge in [0.1, 0.15) is 5.75 Å². The molecular weight excluding hydrogens is 365 g/mol. The lowest BCUT2D eigenvalue weighted by molar-refractivity contribution is -0.149. The van der Waals surface area contributed by atoms with Gasteiger partial charge in [-0.2, -0.15) is 0 Å². The highest BCUT2D eigenvalue weighted by atomic mass is 35.5. The summed E-state index contributed by atoms with van der Waals surface area (Å²) in [7, 11) is 0. The monoisotopic (exact) mass is 381 g/mol. The summed E-state index contributed by atoms with van der Waals surface area (Å²) in [6.07, 6.45) is 0. The van der Waals surface area contributed by atoms with Crippen LogP contribution < -0.4 is 10.1 Å². The minimum absolute atomic E-state index is 0.224. The van der Waals surface area contributed by atoms with E-state index in [0.29, 0.717) is 16.5 Å². The van der Waals surface area contributed by atoms with Crippen LogP contribution in [0.5, 0.6) is 5.75 Å². The SMILES string of the molecule is Cc1cc(C)cc(OCC(=O)OCC(=O)Nc2cccc(Cl)c2Cl)c1. The predicted molar refractivity (Wildman–Crippen MR) is 97.5 cm³/mol. The summed E-state index contributed by atoms with van der Waals surface area (Å²) in [5.41, 5.74) is 2.41. The van der Waals surface area contributed by atoms with E-state index in [9.17, 15) is 9.59 Å². The number of carbonyl (C=O) groups excluding carboxylic acids is 2. The summed E-state index contributed by atoms with van der Waals surface area (Å²) in [4.78, 5) is 23.5. The highest BCUT2D eigenvalue weighted by molar-refractivity contribution is 6.44. The van der Waals surface area contributed by atoms with Gasteiger partial charge in [0.15, 0.2) is 13.2 Å². The quantitative estimate of drug-likeness (QED) is 0.762. The molecule has 0 aliphatic carbocycles. The first-order chi connectivity index (χ1) is 11.8. The number of benzene rings is 2. The fourth-order valence-electron chi connectivity index (χ4n) is 2.13. The Morgan fingerprint density at radius 1 is 1.04 bits per heavy atom. The Balaban J connectivity index is 1.79. The van der Waals surface area contributed by atoms with E-state index in [0.717, 1.165) is 11.1 Å². The van der Waals surface area contributed by atoms with Crippen molar-refractivity contribution in [2.24, 2.45) is 0 Å². The second-order valence-corrected chi connectivity index (χ2v) is 6.21. The number of hydrogen-bond acceptors (Lipinski definition) is 4. The molecule has 0 atom stereocenters. The third kappa shape index (κ3) is 5.96. The molecule has 0 saturated carbocycles. The zero-order chi connectivity index (χ0) is 18.4. The summed E-state index contributed by atoms with van der Waals surface area (Å²) in [6.45, 7) is 3.14. The highest BCUT2D eigenvalue weighted by Crippen LogP contribution is 2.29. The fraction of sp³-hybridized carbons (Fsp3) is 0.222. The molecule has 1 N–H and O–H groups in total. The number of ether oxygens (including phenoxy) is 2. The van der Waals surface area contributed by atoms with Gasteiger partial charge in [-0.3, -0.25) is 4.79 Å². The van der Waals surface area contributed by atoms with Gasteiger partial charge in [-0.25, -0.2) is 4.79 Å². The normalized spacial score (nSPS) is 10.2. The van der Waals surface area contributed by atoms with Crippen LogP contribution >= 0.6 is 23.2 Å². The first-order valence-corrected chi connectivity index (χ1v) is 8.21. The van der Waals surface area contributed by atoms with Crippen molar-refractivity contribution in [1.29, 1.82) is 0 Å². The average molecular weight is 382 g/mol. The Morgan fingerprint density at radius 3 is 2.40 bits per heavy atom. The van der Waals surface area contributed by atoms with E-state index < -0.39 is 18.5 Å². The first kappa shape index (κ1) is 19.1. The van der Waals surface area contributed by atoms with Gasteiger partial charge in [0.2, 0.25) is 0 Å². The van der Waals surface area contributed by atoms with Crippen molar-refractivity contribution in [3.05, 3.63) is 57.6 Å². The first-order valence-electron chi connectivity index (χ1n) is 7.45. The minimum Gasteiger partial charge on any atom is -0.482 e. The summed E-state index contributed by atoms with van der Waals surface area (Å²) in [5, 5.41) is 3.06. The minimum atomic E-state index is -0.647. The molecule has 2 aromatic rings. The molecule has 0 fully saturated rings. The molecule has 0 aliphatic heterocycles. The second-order valence-electron chi connectivity index (χ2n) is 5.42. The lowest BCUT2D eigenvalue weighted by atomic mass is 10.1. The number of amides is 1. The van der Waals surface area contributed by atoms with Crippen LogP contribution in [0.15, 0.2) is 36.4 Å². The van der Waals surface area contributed by atoms with E-state index in [4.69, 9.17) is 32.7 Å². The van der Waals surface area contributed by atoms with Gasteiger partial charge in [0.25, 0.3) is 5.91 Å². The summed E-state index contributed by atoms with van der Waals surface area (Å²) < 4.78 is 10.2. The molecule has 0 heterocycles. The second kappa shape index (κ2) is 8.74. The van der Waals surface area contributed by atoms with Crippen molar-refractivity contribution in [1.82, 2.24) is 0 Å². The molecule has 0 radical (unpaired) electrons. The van der Waals surface area contributed by atoms with Crippen LogP contribution in [0, 0.1) is 13.8 Å². The van der Waals surface area contributed by atoms with Crippen molar-refractivity contribution >= 4 is 40.8 Å². The molecule has 25 heavy (non-hydrogen) atoms. The molecule has 132 valence electrons. The maximum absolute atomic E-state index is 11.8. The number of rotatable bonds is 6. The highest BCUT2D eigenvalue weighted by Gasteiger charge is 2.11. The molecular formula is C18H17Cl2NO4. The maximum atomic E-state index is 11.8. The molecule has 7 heteroatoms. The van der Waals surface area contributed by atoms with Crippen LogP contribution in [0.4, 0.5) is 5.69 Å². The standard InChI is InChI=1S/C18H17Cl2NO4/c1-11-6-12(2)8-13(7-11)24-10-17(23)25-9-16(22)21-15-5-3-4-14(19)18(15)20/h3-8H,9-10H2,1-2H3,(H,21,22). The Bertz CT molecular complexity index is 772. The van der Waals surface area contributed by atoms with E-state index in [-0.39, 0.29) is 11.6 Å². The van der Waals surface area contributed by atoms with Gasteiger partial charge in [0, 0.05) is 0 Å². The number of anilines is 1. The predicted octanol–water partition coefficient (Wildman–Crippen LogP) is 4.17. The molecule has 5 nitrogen and oxygen atoms in total. The van der Waals surface area contributed by atoms with Gasteiger partial charge >= 0.3 is 5.97 Å². The third-order valence-corrected chi connectivity index (χ3v) is 3.96. The lowest BCUT2D eigenvalue weighted by Gasteiger charge is -2.10. The van der Waals surface area contributed by atoms with E-state index in [1.807, 2.05) is 32.0 Å². The molecule has 1 amide bonds. The van der Waals surface area contributed by atoms with E-state index in [1.165, 1.54) is 0 Å². The van der Waals surface area contributed by atoms with Crippen LogP contribution in [0.2, 0.25) is 10.0 Å². The topological polar surface area (TPSA) is 64.6 Å². The summed E-state index contributed by atoms with van der Waals surface area (Å²) in [5.74, 6) is -0.597. The van der Waals surface area contributed by atoms with Crippen LogP contribution in [0.3, 0.4) is 0 Å². The largest absolute Gasteiger partial charge is 0.482 e. The Hall–Kier alpha value is -2.24. The Morgan fingerprint density at radius 2 is 1.72 bits per heavy atom. The molecule has 2 rings (SSSR count). The van der Waals surface area contributed by atoms with Gasteiger partial charge in [0.05, 0.1) is 15.7 Å². The Kier molecular flexibility index (Phi) is 6.67. The molecule has 0 unspecified atom stereocenters. The maximum Gasteiger partial charge on any atom is 0.344 e. The van der Waals surface area contributed by atoms with Crippen molar-refractivity contribution in [2.75, 3.05) is 18.5 Å². The van der Waals surface area contributed by atoms with Crippen molar-refractivity contribution in [3.8, 4) is 5.75 Å². The van der Waals surface area contributed by atoms with E-state index in [2.05, 4.69) is 5.32 Å². The number of halogens is 2. The molecule has 0 saturated heterocycles. The zero-order valence-electron chi connectivity index (χ0n) is 13.8. The number of aryl methyl sites for hydroxylation is 2. The number of nitrogens with one attached hydrogen (secondary N) is 1. The number of hydrogen-bond donors (Lipinski definition) is 1. The van der Waals surface area contributed by atoms with Crippen molar-refractivity contribution in [2.45, 2.75) is 13.8 Å². The third-order valence-electron chi connectivity index (χ3n) is 3.14. The van der Waals surface area contributed by atoms with Crippen LogP contribution in [0.25, 0.3) is 0 Å². The van der Waals surface area contributed by atoms with Gasteiger partial charge < -0.3 is 14.8 Å². The van der Waals surface area contributed by atoms with Gasteiger partial charge in [-0.1, -0.05) is 35.3 Å². The molecule has 0 spiro atoms. The number of carbonyl (C=O) groups is 2. The molecule has 2 aromatic carbocycles. The fourth-order valence-corrected chi connectivity index (χ4v) is 2.48. The van der Waals surface area contributed by atoms with E-state index >= 15 is 0 Å². The molecule has 0 aromatic heterocycles. The summed E-state index contributed by atoms with van der Waals surface area (Å²) in [6, 6.07) is 10.5. The van der Waals surface area contributed by atoms with Crippen molar-refractivity contribution < 1.29 is 19.1 Å². The van der Waals surface area contributed by atoms with Crippen LogP contribution in [-0.4, -0.2) is 25.1 Å². The smallest absolute Gasteiger partial charge is 0.344 e. The van der Waals surface area contributed by atoms with Crippen LogP contribution in [0.1, 0.15) is 11.1 Å². The summed E-state index contributed by atoms with van der Waals surface area (Å²) >= 11 is 11.8. The number of esters is 1. The van der Waals surface area contributed by atoms with Gasteiger partial charge in [-0.15, -0.1) is 0 Å². The van der Waals surface area contributed by atoms with Crippen LogP contribution in [-0.2, 0) is 14.3 Å².